The van der Waals surface area contributed by atoms with Gasteiger partial charge in [-0.3, -0.25) is 0 Å². The molecule has 1 aliphatic rings. The molecule has 2 atom stereocenters. The van der Waals surface area contributed by atoms with E-state index in [2.05, 4.69) is 11.6 Å². The van der Waals surface area contributed by atoms with E-state index in [-0.39, 0.29) is 12.1 Å². The number of amides is 1. The number of carbonyl (C=O) groups excluding carboxylic acids is 1. The van der Waals surface area contributed by atoms with E-state index in [9.17, 15) is 4.79 Å². The maximum absolute atomic E-state index is 13.0. The van der Waals surface area contributed by atoms with Gasteiger partial charge in [0.2, 0.25) is 0 Å². The Morgan fingerprint density at radius 3 is 2.45 bits per heavy atom. The lowest BCUT2D eigenvalue weighted by Gasteiger charge is -2.43. The van der Waals surface area contributed by atoms with Crippen molar-refractivity contribution in [3.63, 3.8) is 0 Å². The molecule has 0 saturated carbocycles. The largest absolute Gasteiger partial charge is 0.437 e. The van der Waals surface area contributed by atoms with E-state index in [0.717, 1.165) is 22.3 Å². The van der Waals surface area contributed by atoms with Gasteiger partial charge in [0.1, 0.15) is 11.4 Å². The zero-order valence-corrected chi connectivity index (χ0v) is 17.7. The van der Waals surface area contributed by atoms with Crippen LogP contribution in [-0.4, -0.2) is 22.5 Å². The number of hydrogen-bond donors (Lipinski definition) is 1. The second kappa shape index (κ2) is 8.64. The zero-order chi connectivity index (χ0) is 21.8. The summed E-state index contributed by atoms with van der Waals surface area (Å²) in [4.78, 5) is 19.0. The average Bonchev–Trinajstić information content (AvgIpc) is 2.80. The normalized spacial score (nSPS) is 19.5. The number of benzene rings is 2. The van der Waals surface area contributed by atoms with Crippen molar-refractivity contribution in [1.82, 2.24) is 9.88 Å². The van der Waals surface area contributed by atoms with Gasteiger partial charge >= 0.3 is 6.09 Å². The maximum Gasteiger partial charge on any atom is 0.411 e. The molecule has 158 valence electrons. The monoisotopic (exact) mass is 413 g/mol. The van der Waals surface area contributed by atoms with Gasteiger partial charge in [-0.15, -0.1) is 6.58 Å². The number of pyridine rings is 1. The minimum Gasteiger partial charge on any atom is -0.437 e. The second-order valence-electron chi connectivity index (χ2n) is 7.93. The molecule has 0 radical (unpaired) electrons. The van der Waals surface area contributed by atoms with Crippen LogP contribution < -0.4 is 5.73 Å². The zero-order valence-electron chi connectivity index (χ0n) is 17.7. The Bertz CT molecular complexity index is 1050. The van der Waals surface area contributed by atoms with Crippen LogP contribution in [0.3, 0.4) is 0 Å². The molecule has 1 saturated heterocycles. The van der Waals surface area contributed by atoms with Crippen LogP contribution in [0.25, 0.3) is 11.1 Å². The van der Waals surface area contributed by atoms with E-state index < -0.39 is 5.60 Å². The van der Waals surface area contributed by atoms with Gasteiger partial charge in [0, 0.05) is 31.1 Å². The summed E-state index contributed by atoms with van der Waals surface area (Å²) >= 11 is 0. The topological polar surface area (TPSA) is 68.5 Å². The maximum atomic E-state index is 13.0. The third-order valence-electron chi connectivity index (χ3n) is 6.03. The fourth-order valence-corrected chi connectivity index (χ4v) is 4.17. The molecule has 3 aromatic rings. The molecule has 5 nitrogen and oxygen atoms in total. The Morgan fingerprint density at radius 2 is 1.84 bits per heavy atom. The van der Waals surface area contributed by atoms with Crippen LogP contribution in [0.2, 0.25) is 0 Å². The molecule has 1 fully saturated rings. The van der Waals surface area contributed by atoms with Gasteiger partial charge < -0.3 is 15.4 Å². The SMILES string of the molecule is C=CC[C@]1(c2ccccc2)CCN(C(C)c2ccc(-c3ccc(N)nc3)cc2)C(=O)O1. The molecule has 4 rings (SSSR count). The molecule has 2 N–H and O–H groups in total. The molecule has 5 heteroatoms. The van der Waals surface area contributed by atoms with Crippen molar-refractivity contribution < 1.29 is 9.53 Å². The Kier molecular flexibility index (Phi) is 5.76. The van der Waals surface area contributed by atoms with Crippen molar-refractivity contribution in [2.45, 2.75) is 31.4 Å². The molecule has 1 unspecified atom stereocenters. The number of anilines is 1. The molecule has 1 aromatic heterocycles. The summed E-state index contributed by atoms with van der Waals surface area (Å²) in [6.45, 7) is 6.52. The first kappa shape index (κ1) is 20.7. The van der Waals surface area contributed by atoms with Crippen molar-refractivity contribution in [2.24, 2.45) is 0 Å². The van der Waals surface area contributed by atoms with E-state index >= 15 is 0 Å². The third kappa shape index (κ3) is 4.17. The molecular weight excluding hydrogens is 386 g/mol. The van der Waals surface area contributed by atoms with Crippen molar-refractivity contribution >= 4 is 11.9 Å². The highest BCUT2D eigenvalue weighted by atomic mass is 16.6. The third-order valence-corrected chi connectivity index (χ3v) is 6.03. The van der Waals surface area contributed by atoms with Gasteiger partial charge in [-0.1, -0.05) is 60.7 Å². The highest BCUT2D eigenvalue weighted by Gasteiger charge is 2.42. The van der Waals surface area contributed by atoms with Gasteiger partial charge in [0.15, 0.2) is 0 Å². The van der Waals surface area contributed by atoms with Crippen molar-refractivity contribution in [3.8, 4) is 11.1 Å². The molecule has 0 bridgehead atoms. The van der Waals surface area contributed by atoms with Crippen LogP contribution >= 0.6 is 0 Å². The molecule has 1 aliphatic heterocycles. The molecule has 2 heterocycles. The summed E-state index contributed by atoms with van der Waals surface area (Å²) in [5, 5.41) is 0. The van der Waals surface area contributed by atoms with E-state index in [1.165, 1.54) is 0 Å². The first-order valence-corrected chi connectivity index (χ1v) is 10.5. The number of nitrogen functional groups attached to an aromatic ring is 1. The van der Waals surface area contributed by atoms with Gasteiger partial charge in [-0.2, -0.15) is 0 Å². The van der Waals surface area contributed by atoms with Crippen molar-refractivity contribution in [1.29, 1.82) is 0 Å². The summed E-state index contributed by atoms with van der Waals surface area (Å²) in [5.41, 5.74) is 9.15. The summed E-state index contributed by atoms with van der Waals surface area (Å²) in [5.74, 6) is 0.501. The fourth-order valence-electron chi connectivity index (χ4n) is 4.17. The molecular formula is C26H27N3O2. The Hall–Kier alpha value is -3.60. The first-order chi connectivity index (χ1) is 15.0. The Labute approximate surface area is 183 Å². The highest BCUT2D eigenvalue weighted by Crippen LogP contribution is 2.39. The lowest BCUT2D eigenvalue weighted by Crippen LogP contribution is -2.48. The first-order valence-electron chi connectivity index (χ1n) is 10.5. The van der Waals surface area contributed by atoms with Gasteiger partial charge in [-0.05, 0) is 35.7 Å². The molecule has 2 aromatic carbocycles. The second-order valence-corrected chi connectivity index (χ2v) is 7.93. The van der Waals surface area contributed by atoms with Crippen molar-refractivity contribution in [2.75, 3.05) is 12.3 Å². The van der Waals surface area contributed by atoms with Crippen LogP contribution in [0.15, 0.2) is 85.6 Å². The minimum atomic E-state index is -0.650. The van der Waals surface area contributed by atoms with Gasteiger partial charge in [0.05, 0.1) is 6.04 Å². The van der Waals surface area contributed by atoms with Crippen LogP contribution in [0.4, 0.5) is 10.6 Å². The average molecular weight is 414 g/mol. The number of carbonyl (C=O) groups is 1. The molecule has 0 aliphatic carbocycles. The van der Waals surface area contributed by atoms with Crippen LogP contribution in [0.5, 0.6) is 0 Å². The summed E-state index contributed by atoms with van der Waals surface area (Å²) in [7, 11) is 0. The lowest BCUT2D eigenvalue weighted by atomic mass is 9.85. The van der Waals surface area contributed by atoms with Crippen LogP contribution in [0.1, 0.15) is 36.9 Å². The lowest BCUT2D eigenvalue weighted by molar-refractivity contribution is -0.0588. The standard InChI is InChI=1S/C26H27N3O2/c1-3-15-26(23-7-5-4-6-8-23)16-17-29(25(30)31-26)19(2)20-9-11-21(12-10-20)22-13-14-24(27)28-18-22/h3-14,18-19H,1,15-17H2,2H3,(H2,27,28)/t19?,26-/m1/s1. The number of nitrogens with zero attached hydrogens (tertiary/aromatic N) is 2. The Morgan fingerprint density at radius 1 is 1.13 bits per heavy atom. The summed E-state index contributed by atoms with van der Waals surface area (Å²) in [6, 6.07) is 21.8. The minimum absolute atomic E-state index is 0.0939. The Balaban J connectivity index is 1.51. The number of ether oxygens (including phenoxy) is 1. The number of cyclic esters (lactones) is 1. The fraction of sp³-hybridized carbons (Fsp3) is 0.231. The molecule has 31 heavy (non-hydrogen) atoms. The summed E-state index contributed by atoms with van der Waals surface area (Å²) < 4.78 is 6.06. The predicted molar refractivity (Wildman–Crippen MR) is 123 cm³/mol. The van der Waals surface area contributed by atoms with E-state index in [1.54, 1.807) is 17.2 Å². The van der Waals surface area contributed by atoms with Crippen molar-refractivity contribution in [3.05, 3.63) is 96.7 Å². The molecule has 1 amide bonds. The van der Waals surface area contributed by atoms with Gasteiger partial charge in [0.25, 0.3) is 0 Å². The smallest absolute Gasteiger partial charge is 0.411 e. The number of nitrogens with two attached hydrogens (primary N) is 1. The van der Waals surface area contributed by atoms with Crippen LogP contribution in [-0.2, 0) is 10.3 Å². The van der Waals surface area contributed by atoms with E-state index in [1.807, 2.05) is 73.7 Å². The summed E-state index contributed by atoms with van der Waals surface area (Å²) in [6.07, 6.45) is 4.60. The number of hydrogen-bond acceptors (Lipinski definition) is 4. The van der Waals surface area contributed by atoms with E-state index in [0.29, 0.717) is 25.2 Å². The molecule has 0 spiro atoms. The number of aromatic nitrogens is 1. The quantitative estimate of drug-likeness (QED) is 0.526. The van der Waals surface area contributed by atoms with E-state index in [4.69, 9.17) is 10.5 Å². The van der Waals surface area contributed by atoms with Crippen LogP contribution in [0, 0.1) is 0 Å². The highest BCUT2D eigenvalue weighted by molar-refractivity contribution is 5.70. The van der Waals surface area contributed by atoms with Gasteiger partial charge in [-0.25, -0.2) is 9.78 Å². The number of rotatable bonds is 6. The predicted octanol–water partition coefficient (Wildman–Crippen LogP) is 5.71.